The summed E-state index contributed by atoms with van der Waals surface area (Å²) in [5.74, 6) is -0.181. The molecule has 0 aliphatic rings. The van der Waals surface area contributed by atoms with Crippen LogP contribution in [0.15, 0.2) is 77.9 Å². The maximum atomic E-state index is 12.3. The molecule has 0 radical (unpaired) electrons. The first-order valence-electron chi connectivity index (χ1n) is 9.69. The average Bonchev–Trinajstić information content (AvgIpc) is 2.76. The van der Waals surface area contributed by atoms with Crippen LogP contribution in [-0.2, 0) is 0 Å². The van der Waals surface area contributed by atoms with Gasteiger partial charge in [0.1, 0.15) is 5.75 Å². The number of aromatic hydroxyl groups is 1. The van der Waals surface area contributed by atoms with Gasteiger partial charge < -0.3 is 10.0 Å². The first kappa shape index (κ1) is 20.1. The zero-order valence-corrected chi connectivity index (χ0v) is 16.7. The number of carbonyl (C=O) groups is 1. The first-order chi connectivity index (χ1) is 14.1. The molecule has 3 aromatic rings. The van der Waals surface area contributed by atoms with E-state index in [2.05, 4.69) is 29.3 Å². The quantitative estimate of drug-likeness (QED) is 0.457. The van der Waals surface area contributed by atoms with Gasteiger partial charge in [0.15, 0.2) is 0 Å². The summed E-state index contributed by atoms with van der Waals surface area (Å²) < 4.78 is 0. The van der Waals surface area contributed by atoms with E-state index in [0.29, 0.717) is 11.1 Å². The zero-order valence-electron chi connectivity index (χ0n) is 16.7. The summed E-state index contributed by atoms with van der Waals surface area (Å²) in [6.07, 6.45) is 1.44. The fourth-order valence-electron chi connectivity index (χ4n) is 3.10. The van der Waals surface area contributed by atoms with Gasteiger partial charge in [-0.15, -0.1) is 0 Å². The van der Waals surface area contributed by atoms with Crippen molar-refractivity contribution in [1.29, 1.82) is 0 Å². The Hall–Kier alpha value is -3.60. The van der Waals surface area contributed by atoms with Gasteiger partial charge >= 0.3 is 0 Å². The number of hydrazone groups is 1. The molecule has 0 bridgehead atoms. The number of rotatable bonds is 7. The first-order valence-corrected chi connectivity index (χ1v) is 9.69. The molecule has 0 aliphatic heterocycles. The highest BCUT2D eigenvalue weighted by Gasteiger charge is 2.07. The molecular formula is C24H25N3O2. The Morgan fingerprint density at radius 2 is 1.62 bits per heavy atom. The lowest BCUT2D eigenvalue weighted by atomic mass is 10.0. The van der Waals surface area contributed by atoms with Gasteiger partial charge in [-0.1, -0.05) is 42.5 Å². The third-order valence-electron chi connectivity index (χ3n) is 4.77. The molecule has 29 heavy (non-hydrogen) atoms. The van der Waals surface area contributed by atoms with E-state index in [1.807, 2.05) is 48.5 Å². The highest BCUT2D eigenvalue weighted by atomic mass is 16.3. The molecule has 3 aromatic carbocycles. The topological polar surface area (TPSA) is 64.9 Å². The van der Waals surface area contributed by atoms with Gasteiger partial charge in [-0.2, -0.15) is 5.10 Å². The standard InChI is InChI=1S/C24H25N3O2/c1-3-27(4-2)22-15-14-21(23(28)16-22)17-25-26-24(29)20-12-10-19(11-13-20)18-8-6-5-7-9-18/h5-17,28H,3-4H2,1-2H3,(H,26,29). The van der Waals surface area contributed by atoms with Gasteiger partial charge in [0.2, 0.25) is 0 Å². The molecule has 0 spiro atoms. The molecule has 2 N–H and O–H groups in total. The SMILES string of the molecule is CCN(CC)c1ccc(C=NNC(=O)c2ccc(-c3ccccc3)cc2)c(O)c1. The number of nitrogens with one attached hydrogen (secondary N) is 1. The van der Waals surface area contributed by atoms with Crippen molar-refractivity contribution in [2.75, 3.05) is 18.0 Å². The molecule has 5 nitrogen and oxygen atoms in total. The smallest absolute Gasteiger partial charge is 0.271 e. The molecule has 0 aromatic heterocycles. The van der Waals surface area contributed by atoms with Crippen molar-refractivity contribution in [2.45, 2.75) is 13.8 Å². The lowest BCUT2D eigenvalue weighted by Crippen LogP contribution is -2.21. The molecule has 0 unspecified atom stereocenters. The molecule has 0 saturated carbocycles. The maximum Gasteiger partial charge on any atom is 0.271 e. The lowest BCUT2D eigenvalue weighted by molar-refractivity contribution is 0.0955. The van der Waals surface area contributed by atoms with Crippen molar-refractivity contribution >= 4 is 17.8 Å². The number of phenols is 1. The molecule has 1 amide bonds. The molecule has 0 saturated heterocycles. The van der Waals surface area contributed by atoms with Crippen molar-refractivity contribution < 1.29 is 9.90 Å². The second-order valence-corrected chi connectivity index (χ2v) is 6.56. The number of amides is 1. The number of hydrogen-bond donors (Lipinski definition) is 2. The summed E-state index contributed by atoms with van der Waals surface area (Å²) in [7, 11) is 0. The van der Waals surface area contributed by atoms with Crippen molar-refractivity contribution in [3.63, 3.8) is 0 Å². The number of anilines is 1. The van der Waals surface area contributed by atoms with Crippen LogP contribution in [0.4, 0.5) is 5.69 Å². The summed E-state index contributed by atoms with van der Waals surface area (Å²) in [4.78, 5) is 14.4. The highest BCUT2D eigenvalue weighted by molar-refractivity contribution is 5.95. The fourth-order valence-corrected chi connectivity index (χ4v) is 3.10. The molecule has 5 heteroatoms. The van der Waals surface area contributed by atoms with E-state index in [9.17, 15) is 9.90 Å². The number of nitrogens with zero attached hydrogens (tertiary/aromatic N) is 2. The van der Waals surface area contributed by atoms with Crippen molar-refractivity contribution in [1.82, 2.24) is 5.43 Å². The van der Waals surface area contributed by atoms with E-state index in [1.165, 1.54) is 6.21 Å². The third kappa shape index (κ3) is 5.02. The molecular weight excluding hydrogens is 362 g/mol. The van der Waals surface area contributed by atoms with E-state index in [4.69, 9.17) is 0 Å². The van der Waals surface area contributed by atoms with E-state index in [0.717, 1.165) is 29.9 Å². The van der Waals surface area contributed by atoms with Gasteiger partial charge in [-0.3, -0.25) is 4.79 Å². The minimum Gasteiger partial charge on any atom is -0.507 e. The average molecular weight is 387 g/mol. The summed E-state index contributed by atoms with van der Waals surface area (Å²) in [6.45, 7) is 5.86. The van der Waals surface area contributed by atoms with Gasteiger partial charge in [-0.05, 0) is 49.2 Å². The van der Waals surface area contributed by atoms with Crippen LogP contribution >= 0.6 is 0 Å². The Morgan fingerprint density at radius 1 is 0.966 bits per heavy atom. The van der Waals surface area contributed by atoms with Crippen molar-refractivity contribution in [3.05, 3.63) is 83.9 Å². The minimum atomic E-state index is -0.305. The summed E-state index contributed by atoms with van der Waals surface area (Å²) in [5, 5.41) is 14.2. The van der Waals surface area contributed by atoms with Crippen LogP contribution < -0.4 is 10.3 Å². The van der Waals surface area contributed by atoms with Crippen LogP contribution in [0.1, 0.15) is 29.8 Å². The predicted octanol–water partition coefficient (Wildman–Crippen LogP) is 4.67. The highest BCUT2D eigenvalue weighted by Crippen LogP contribution is 2.23. The largest absolute Gasteiger partial charge is 0.507 e. The Kier molecular flexibility index (Phi) is 6.63. The van der Waals surface area contributed by atoms with E-state index in [-0.39, 0.29) is 11.7 Å². The van der Waals surface area contributed by atoms with E-state index < -0.39 is 0 Å². The van der Waals surface area contributed by atoms with Gasteiger partial charge in [0, 0.05) is 36.0 Å². The second kappa shape index (κ2) is 9.55. The third-order valence-corrected chi connectivity index (χ3v) is 4.77. The van der Waals surface area contributed by atoms with Gasteiger partial charge in [0.25, 0.3) is 5.91 Å². The molecule has 0 aliphatic carbocycles. The maximum absolute atomic E-state index is 12.3. The van der Waals surface area contributed by atoms with Crippen LogP contribution in [-0.4, -0.2) is 30.3 Å². The Bertz CT molecular complexity index is 979. The molecule has 3 rings (SSSR count). The molecule has 148 valence electrons. The second-order valence-electron chi connectivity index (χ2n) is 6.56. The summed E-state index contributed by atoms with van der Waals surface area (Å²) in [6, 6.07) is 22.8. The van der Waals surface area contributed by atoms with Crippen molar-refractivity contribution in [2.24, 2.45) is 5.10 Å². The van der Waals surface area contributed by atoms with Crippen LogP contribution in [0.3, 0.4) is 0 Å². The number of benzene rings is 3. The molecule has 0 fully saturated rings. The summed E-state index contributed by atoms with van der Waals surface area (Å²) >= 11 is 0. The van der Waals surface area contributed by atoms with Crippen LogP contribution in [0.25, 0.3) is 11.1 Å². The van der Waals surface area contributed by atoms with Crippen LogP contribution in [0.5, 0.6) is 5.75 Å². The van der Waals surface area contributed by atoms with E-state index in [1.54, 1.807) is 24.3 Å². The number of carbonyl (C=O) groups excluding carboxylic acids is 1. The Morgan fingerprint density at radius 3 is 2.24 bits per heavy atom. The fraction of sp³-hybridized carbons (Fsp3) is 0.167. The zero-order chi connectivity index (χ0) is 20.6. The van der Waals surface area contributed by atoms with Gasteiger partial charge in [-0.25, -0.2) is 5.43 Å². The van der Waals surface area contributed by atoms with Crippen LogP contribution in [0.2, 0.25) is 0 Å². The van der Waals surface area contributed by atoms with Crippen LogP contribution in [0, 0.1) is 0 Å². The Balaban J connectivity index is 1.64. The minimum absolute atomic E-state index is 0.125. The monoisotopic (exact) mass is 387 g/mol. The lowest BCUT2D eigenvalue weighted by Gasteiger charge is -2.21. The van der Waals surface area contributed by atoms with Crippen molar-refractivity contribution in [3.8, 4) is 16.9 Å². The number of phenolic OH excluding ortho intramolecular Hbond substituents is 1. The summed E-state index contributed by atoms with van der Waals surface area (Å²) in [5.41, 5.74) is 6.66. The van der Waals surface area contributed by atoms with E-state index >= 15 is 0 Å². The molecule has 0 atom stereocenters. The molecule has 0 heterocycles. The Labute approximate surface area is 171 Å². The predicted molar refractivity (Wildman–Crippen MR) is 119 cm³/mol. The van der Waals surface area contributed by atoms with Gasteiger partial charge in [0.05, 0.1) is 6.21 Å². The normalized spacial score (nSPS) is 10.8. The number of hydrogen-bond acceptors (Lipinski definition) is 4.